The lowest BCUT2D eigenvalue weighted by Gasteiger charge is -2.32. The Hall–Kier alpha value is -2.84. The molecule has 5 nitrogen and oxygen atoms in total. The molecule has 1 atom stereocenters. The van der Waals surface area contributed by atoms with E-state index in [0.29, 0.717) is 5.75 Å². The molecule has 2 aliphatic heterocycles. The van der Waals surface area contributed by atoms with Gasteiger partial charge in [-0.3, -0.25) is 4.90 Å². The van der Waals surface area contributed by atoms with Crippen LogP contribution in [0.4, 0.5) is 0 Å². The number of rotatable bonds is 2. The molecule has 4 rings (SSSR count). The van der Waals surface area contributed by atoms with Gasteiger partial charge in [-0.1, -0.05) is 17.9 Å². The van der Waals surface area contributed by atoms with Crippen molar-refractivity contribution in [3.63, 3.8) is 0 Å². The third-order valence-corrected chi connectivity index (χ3v) is 4.82. The van der Waals surface area contributed by atoms with Crippen LogP contribution in [0, 0.1) is 11.8 Å². The predicted octanol–water partition coefficient (Wildman–Crippen LogP) is 3.01. The average molecular weight is 351 g/mol. The van der Waals surface area contributed by atoms with Crippen LogP contribution in [0.3, 0.4) is 0 Å². The van der Waals surface area contributed by atoms with Gasteiger partial charge in [-0.05, 0) is 43.3 Å². The Bertz CT molecular complexity index is 897. The van der Waals surface area contributed by atoms with Crippen molar-refractivity contribution in [2.24, 2.45) is 0 Å². The van der Waals surface area contributed by atoms with Gasteiger partial charge in [-0.15, -0.1) is 0 Å². The molecule has 0 amide bonds. The SMILES string of the molecule is COc1cccc(C#CC2c3c(cc4c(c3OC)OCO4)CCN2C)c1. The number of ether oxygens (including phenoxy) is 4. The zero-order valence-corrected chi connectivity index (χ0v) is 15.2. The van der Waals surface area contributed by atoms with Crippen LogP contribution < -0.4 is 18.9 Å². The van der Waals surface area contributed by atoms with E-state index in [1.807, 2.05) is 24.3 Å². The standard InChI is InChI=1S/C21H21NO4/c1-22-10-9-15-12-18-20(26-13-25-18)21(24-3)19(15)17(22)8-7-14-5-4-6-16(11-14)23-2/h4-6,11-12,17H,9-10,13H2,1-3H3. The van der Waals surface area contributed by atoms with Gasteiger partial charge in [0.1, 0.15) is 11.8 Å². The van der Waals surface area contributed by atoms with Crippen LogP contribution in [0.2, 0.25) is 0 Å². The molecule has 2 heterocycles. The molecule has 0 bridgehead atoms. The molecule has 2 aliphatic rings. The fourth-order valence-corrected chi connectivity index (χ4v) is 3.47. The highest BCUT2D eigenvalue weighted by atomic mass is 16.7. The Morgan fingerprint density at radius 2 is 2.04 bits per heavy atom. The molecule has 0 saturated carbocycles. The molecular formula is C21H21NO4. The molecule has 1 unspecified atom stereocenters. The molecule has 0 fully saturated rings. The minimum atomic E-state index is -0.0746. The summed E-state index contributed by atoms with van der Waals surface area (Å²) in [6.45, 7) is 1.15. The number of likely N-dealkylation sites (N-methyl/N-ethyl adjacent to an activating group) is 1. The van der Waals surface area contributed by atoms with Crippen LogP contribution in [0.15, 0.2) is 30.3 Å². The second kappa shape index (κ2) is 6.81. The third-order valence-electron chi connectivity index (χ3n) is 4.82. The Balaban J connectivity index is 1.78. The van der Waals surface area contributed by atoms with Crippen molar-refractivity contribution < 1.29 is 18.9 Å². The van der Waals surface area contributed by atoms with E-state index in [-0.39, 0.29) is 12.8 Å². The summed E-state index contributed by atoms with van der Waals surface area (Å²) < 4.78 is 22.2. The molecule has 26 heavy (non-hydrogen) atoms. The number of hydrogen-bond acceptors (Lipinski definition) is 5. The maximum Gasteiger partial charge on any atom is 0.231 e. The van der Waals surface area contributed by atoms with Crippen molar-refractivity contribution in [1.29, 1.82) is 0 Å². The highest BCUT2D eigenvalue weighted by molar-refractivity contribution is 5.63. The number of hydrogen-bond donors (Lipinski definition) is 0. The first kappa shape index (κ1) is 16.6. The second-order valence-corrected chi connectivity index (χ2v) is 6.35. The largest absolute Gasteiger partial charge is 0.497 e. The van der Waals surface area contributed by atoms with Crippen molar-refractivity contribution >= 4 is 0 Å². The maximum atomic E-state index is 5.70. The lowest BCUT2D eigenvalue weighted by Crippen LogP contribution is -2.31. The zero-order valence-electron chi connectivity index (χ0n) is 15.2. The molecular weight excluding hydrogens is 330 g/mol. The van der Waals surface area contributed by atoms with Gasteiger partial charge >= 0.3 is 0 Å². The van der Waals surface area contributed by atoms with Crippen LogP contribution in [0.1, 0.15) is 22.7 Å². The first-order valence-electron chi connectivity index (χ1n) is 8.56. The quantitative estimate of drug-likeness (QED) is 0.778. The van der Waals surface area contributed by atoms with Crippen LogP contribution in [-0.4, -0.2) is 39.5 Å². The van der Waals surface area contributed by atoms with Gasteiger partial charge in [0.25, 0.3) is 0 Å². The molecule has 134 valence electrons. The van der Waals surface area contributed by atoms with Gasteiger partial charge < -0.3 is 18.9 Å². The Labute approximate surface area is 153 Å². The molecule has 0 spiro atoms. The summed E-state index contributed by atoms with van der Waals surface area (Å²) in [6.07, 6.45) is 0.927. The van der Waals surface area contributed by atoms with E-state index in [4.69, 9.17) is 18.9 Å². The second-order valence-electron chi connectivity index (χ2n) is 6.35. The van der Waals surface area contributed by atoms with Gasteiger partial charge in [0, 0.05) is 17.7 Å². The van der Waals surface area contributed by atoms with E-state index in [1.54, 1.807) is 14.2 Å². The molecule has 2 aromatic rings. The van der Waals surface area contributed by atoms with E-state index in [1.165, 1.54) is 5.56 Å². The fourth-order valence-electron chi connectivity index (χ4n) is 3.47. The first-order chi connectivity index (χ1) is 12.7. The van der Waals surface area contributed by atoms with Crippen molar-refractivity contribution in [2.45, 2.75) is 12.5 Å². The van der Waals surface area contributed by atoms with E-state index in [9.17, 15) is 0 Å². The normalized spacial score (nSPS) is 17.9. The van der Waals surface area contributed by atoms with Crippen LogP contribution in [-0.2, 0) is 6.42 Å². The Kier molecular flexibility index (Phi) is 4.36. The summed E-state index contributed by atoms with van der Waals surface area (Å²) in [5, 5.41) is 0. The molecule has 0 aromatic heterocycles. The number of nitrogens with zero attached hydrogens (tertiary/aromatic N) is 1. The first-order valence-corrected chi connectivity index (χ1v) is 8.56. The van der Waals surface area contributed by atoms with Crippen molar-refractivity contribution in [2.75, 3.05) is 34.6 Å². The number of benzene rings is 2. The fraction of sp³-hybridized carbons (Fsp3) is 0.333. The molecule has 2 aromatic carbocycles. The predicted molar refractivity (Wildman–Crippen MR) is 98.1 cm³/mol. The molecule has 0 radical (unpaired) electrons. The summed E-state index contributed by atoms with van der Waals surface area (Å²) >= 11 is 0. The van der Waals surface area contributed by atoms with E-state index >= 15 is 0 Å². The van der Waals surface area contributed by atoms with Crippen LogP contribution >= 0.6 is 0 Å². The smallest absolute Gasteiger partial charge is 0.231 e. The highest BCUT2D eigenvalue weighted by Gasteiger charge is 2.33. The van der Waals surface area contributed by atoms with Gasteiger partial charge in [0.2, 0.25) is 12.5 Å². The van der Waals surface area contributed by atoms with Gasteiger partial charge in [-0.2, -0.15) is 0 Å². The van der Waals surface area contributed by atoms with Gasteiger partial charge in [0.05, 0.1) is 14.2 Å². The summed E-state index contributed by atoms with van der Waals surface area (Å²) in [6, 6.07) is 9.77. The van der Waals surface area contributed by atoms with E-state index < -0.39 is 0 Å². The summed E-state index contributed by atoms with van der Waals surface area (Å²) in [5.74, 6) is 9.64. The van der Waals surface area contributed by atoms with Gasteiger partial charge in [-0.25, -0.2) is 0 Å². The highest BCUT2D eigenvalue weighted by Crippen LogP contribution is 2.49. The molecule has 0 aliphatic carbocycles. The minimum absolute atomic E-state index is 0.0746. The lowest BCUT2D eigenvalue weighted by atomic mass is 9.91. The summed E-state index contributed by atoms with van der Waals surface area (Å²) in [5.41, 5.74) is 3.19. The van der Waals surface area contributed by atoms with Crippen molar-refractivity contribution in [3.8, 4) is 34.8 Å². The lowest BCUT2D eigenvalue weighted by molar-refractivity contribution is 0.171. The minimum Gasteiger partial charge on any atom is -0.497 e. The maximum absolute atomic E-state index is 5.70. The topological polar surface area (TPSA) is 40.2 Å². The Morgan fingerprint density at radius 1 is 1.15 bits per heavy atom. The zero-order chi connectivity index (χ0) is 18.1. The molecule has 5 heteroatoms. The van der Waals surface area contributed by atoms with E-state index in [0.717, 1.165) is 41.3 Å². The van der Waals surface area contributed by atoms with Crippen molar-refractivity contribution in [3.05, 3.63) is 47.0 Å². The molecule has 0 saturated heterocycles. The third kappa shape index (κ3) is 2.83. The average Bonchev–Trinajstić information content (AvgIpc) is 3.14. The van der Waals surface area contributed by atoms with Crippen molar-refractivity contribution in [1.82, 2.24) is 4.90 Å². The monoisotopic (exact) mass is 351 g/mol. The Morgan fingerprint density at radius 3 is 2.85 bits per heavy atom. The van der Waals surface area contributed by atoms with E-state index in [2.05, 4.69) is 29.9 Å². The summed E-state index contributed by atoms with van der Waals surface area (Å²) in [7, 11) is 5.40. The number of fused-ring (bicyclic) bond motifs is 2. The van der Waals surface area contributed by atoms with Crippen LogP contribution in [0.25, 0.3) is 0 Å². The number of methoxy groups -OCH3 is 2. The van der Waals surface area contributed by atoms with Gasteiger partial charge in [0.15, 0.2) is 11.5 Å². The molecule has 0 N–H and O–H groups in total. The summed E-state index contributed by atoms with van der Waals surface area (Å²) in [4.78, 5) is 2.24. The van der Waals surface area contributed by atoms with Crippen LogP contribution in [0.5, 0.6) is 23.0 Å².